The van der Waals surface area contributed by atoms with E-state index in [9.17, 15) is 0 Å². The van der Waals surface area contributed by atoms with Gasteiger partial charge in [0.25, 0.3) is 0 Å². The van der Waals surface area contributed by atoms with Crippen molar-refractivity contribution in [2.45, 2.75) is 32.5 Å². The highest BCUT2D eigenvalue weighted by Crippen LogP contribution is 2.17. The Morgan fingerprint density at radius 3 is 3.36 bits per heavy atom. The highest BCUT2D eigenvalue weighted by Gasteiger charge is 2.15. The maximum absolute atomic E-state index is 4.23. The van der Waals surface area contributed by atoms with Crippen LogP contribution < -0.4 is 5.32 Å². The van der Waals surface area contributed by atoms with Gasteiger partial charge in [-0.05, 0) is 19.1 Å². The largest absolute Gasteiger partial charge is 0.306 e. The molecule has 1 aliphatic heterocycles. The van der Waals surface area contributed by atoms with Crippen molar-refractivity contribution in [3.8, 4) is 0 Å². The van der Waals surface area contributed by atoms with Crippen LogP contribution in [0.5, 0.6) is 0 Å². The van der Waals surface area contributed by atoms with E-state index in [2.05, 4.69) is 22.3 Å². The molecule has 1 N–H and O–H groups in total. The maximum Gasteiger partial charge on any atom is 0.140 e. The summed E-state index contributed by atoms with van der Waals surface area (Å²) in [5.41, 5.74) is 0. The minimum absolute atomic E-state index is 0.669. The summed E-state index contributed by atoms with van der Waals surface area (Å²) in [7, 11) is 0. The molecule has 2 heterocycles. The quantitative estimate of drug-likeness (QED) is 0.805. The third-order valence-electron chi connectivity index (χ3n) is 2.47. The van der Waals surface area contributed by atoms with Crippen LogP contribution in [0.3, 0.4) is 0 Å². The minimum Gasteiger partial charge on any atom is -0.306 e. The van der Waals surface area contributed by atoms with E-state index in [-0.39, 0.29) is 0 Å². The SMILES string of the molecule is CCn1ncnc1CNC1CCSC1. The number of thioether (sulfide) groups is 1. The normalized spacial score (nSPS) is 21.6. The van der Waals surface area contributed by atoms with E-state index < -0.39 is 0 Å². The van der Waals surface area contributed by atoms with Crippen molar-refractivity contribution in [3.63, 3.8) is 0 Å². The molecule has 1 atom stereocenters. The zero-order chi connectivity index (χ0) is 9.80. The number of nitrogens with zero attached hydrogens (tertiary/aromatic N) is 3. The van der Waals surface area contributed by atoms with Crippen LogP contribution in [0.1, 0.15) is 19.2 Å². The molecule has 4 nitrogen and oxygen atoms in total. The highest BCUT2D eigenvalue weighted by molar-refractivity contribution is 7.99. The van der Waals surface area contributed by atoms with Gasteiger partial charge >= 0.3 is 0 Å². The van der Waals surface area contributed by atoms with Crippen molar-refractivity contribution in [1.82, 2.24) is 20.1 Å². The number of aryl methyl sites for hydroxylation is 1. The first-order chi connectivity index (χ1) is 6.90. The number of hydrogen-bond acceptors (Lipinski definition) is 4. The lowest BCUT2D eigenvalue weighted by atomic mass is 10.2. The third kappa shape index (κ3) is 2.27. The summed E-state index contributed by atoms with van der Waals surface area (Å²) in [4.78, 5) is 4.23. The van der Waals surface area contributed by atoms with E-state index in [4.69, 9.17) is 0 Å². The van der Waals surface area contributed by atoms with E-state index in [0.717, 1.165) is 18.9 Å². The molecule has 14 heavy (non-hydrogen) atoms. The van der Waals surface area contributed by atoms with Gasteiger partial charge in [-0.15, -0.1) is 0 Å². The van der Waals surface area contributed by atoms with Gasteiger partial charge in [0.05, 0.1) is 6.54 Å². The molecule has 0 saturated carbocycles. The standard InChI is InChI=1S/C9H16N4S/c1-2-13-9(11-7-12-13)5-10-8-3-4-14-6-8/h7-8,10H,2-6H2,1H3. The Labute approximate surface area is 88.5 Å². The van der Waals surface area contributed by atoms with Crippen LogP contribution in [-0.4, -0.2) is 32.3 Å². The minimum atomic E-state index is 0.669. The molecule has 2 rings (SSSR count). The van der Waals surface area contributed by atoms with Crippen LogP contribution in [0.4, 0.5) is 0 Å². The summed E-state index contributed by atoms with van der Waals surface area (Å²) in [5.74, 6) is 3.57. The molecule has 1 aliphatic rings. The molecular weight excluding hydrogens is 196 g/mol. The third-order valence-corrected chi connectivity index (χ3v) is 3.64. The Bertz CT molecular complexity index is 280. The van der Waals surface area contributed by atoms with E-state index in [0.29, 0.717) is 6.04 Å². The predicted molar refractivity (Wildman–Crippen MR) is 58.3 cm³/mol. The lowest BCUT2D eigenvalue weighted by Crippen LogP contribution is -2.29. The first-order valence-electron chi connectivity index (χ1n) is 5.08. The fraction of sp³-hybridized carbons (Fsp3) is 0.778. The average molecular weight is 212 g/mol. The predicted octanol–water partition coefficient (Wildman–Crippen LogP) is 0.893. The Kier molecular flexibility index (Phi) is 3.42. The van der Waals surface area contributed by atoms with Crippen LogP contribution in [0.2, 0.25) is 0 Å². The second-order valence-electron chi connectivity index (χ2n) is 3.43. The topological polar surface area (TPSA) is 42.7 Å². The van der Waals surface area contributed by atoms with E-state index >= 15 is 0 Å². The van der Waals surface area contributed by atoms with Gasteiger partial charge in [-0.1, -0.05) is 0 Å². The number of hydrogen-bond donors (Lipinski definition) is 1. The summed E-state index contributed by atoms with van der Waals surface area (Å²) >= 11 is 2.02. The molecule has 0 aromatic carbocycles. The molecule has 0 amide bonds. The van der Waals surface area contributed by atoms with Crippen molar-refractivity contribution >= 4 is 11.8 Å². The zero-order valence-corrected chi connectivity index (χ0v) is 9.26. The highest BCUT2D eigenvalue weighted by atomic mass is 32.2. The summed E-state index contributed by atoms with van der Waals surface area (Å²) in [6, 6.07) is 0.669. The van der Waals surface area contributed by atoms with Crippen molar-refractivity contribution in [1.29, 1.82) is 0 Å². The summed E-state index contributed by atoms with van der Waals surface area (Å²) in [6.45, 7) is 3.83. The lowest BCUT2D eigenvalue weighted by molar-refractivity contribution is 0.515. The smallest absolute Gasteiger partial charge is 0.140 e. The number of aromatic nitrogens is 3. The fourth-order valence-electron chi connectivity index (χ4n) is 1.62. The second-order valence-corrected chi connectivity index (χ2v) is 4.58. The number of nitrogens with one attached hydrogen (secondary N) is 1. The maximum atomic E-state index is 4.23. The second kappa shape index (κ2) is 4.79. The van der Waals surface area contributed by atoms with Gasteiger partial charge in [0.2, 0.25) is 0 Å². The molecule has 1 fully saturated rings. The fourth-order valence-corrected chi connectivity index (χ4v) is 2.81. The molecule has 0 aliphatic carbocycles. The summed E-state index contributed by atoms with van der Waals surface area (Å²) in [5, 5.41) is 7.65. The van der Waals surface area contributed by atoms with Gasteiger partial charge in [0.1, 0.15) is 12.2 Å². The van der Waals surface area contributed by atoms with Gasteiger partial charge in [-0.2, -0.15) is 16.9 Å². The molecular formula is C9H16N4S. The monoisotopic (exact) mass is 212 g/mol. The van der Waals surface area contributed by atoms with E-state index in [1.165, 1.54) is 17.9 Å². The van der Waals surface area contributed by atoms with Gasteiger partial charge in [-0.3, -0.25) is 0 Å². The summed E-state index contributed by atoms with van der Waals surface area (Å²) < 4.78 is 1.94. The molecule has 1 saturated heterocycles. The Morgan fingerprint density at radius 2 is 2.64 bits per heavy atom. The van der Waals surface area contributed by atoms with Crippen molar-refractivity contribution in [2.75, 3.05) is 11.5 Å². The molecule has 0 spiro atoms. The Hall–Kier alpha value is -0.550. The van der Waals surface area contributed by atoms with Crippen molar-refractivity contribution in [3.05, 3.63) is 12.2 Å². The van der Waals surface area contributed by atoms with Crippen molar-refractivity contribution < 1.29 is 0 Å². The van der Waals surface area contributed by atoms with E-state index in [1.54, 1.807) is 6.33 Å². The molecule has 1 unspecified atom stereocenters. The van der Waals surface area contributed by atoms with Crippen LogP contribution in [0.25, 0.3) is 0 Å². The Balaban J connectivity index is 1.84. The van der Waals surface area contributed by atoms with Crippen molar-refractivity contribution in [2.24, 2.45) is 0 Å². The van der Waals surface area contributed by atoms with E-state index in [1.807, 2.05) is 16.4 Å². The Morgan fingerprint density at radius 1 is 1.71 bits per heavy atom. The molecule has 0 bridgehead atoms. The zero-order valence-electron chi connectivity index (χ0n) is 8.44. The molecule has 78 valence electrons. The number of rotatable bonds is 4. The summed E-state index contributed by atoms with van der Waals surface area (Å²) in [6.07, 6.45) is 2.91. The van der Waals surface area contributed by atoms with Gasteiger partial charge in [0.15, 0.2) is 0 Å². The molecule has 5 heteroatoms. The van der Waals surface area contributed by atoms with Gasteiger partial charge in [-0.25, -0.2) is 9.67 Å². The molecule has 0 radical (unpaired) electrons. The molecule has 1 aromatic heterocycles. The lowest BCUT2D eigenvalue weighted by Gasteiger charge is -2.10. The van der Waals surface area contributed by atoms with Crippen LogP contribution >= 0.6 is 11.8 Å². The van der Waals surface area contributed by atoms with Crippen LogP contribution in [-0.2, 0) is 13.1 Å². The molecule has 1 aromatic rings. The van der Waals surface area contributed by atoms with Gasteiger partial charge < -0.3 is 5.32 Å². The van der Waals surface area contributed by atoms with Crippen LogP contribution in [0, 0.1) is 0 Å². The van der Waals surface area contributed by atoms with Gasteiger partial charge in [0, 0.05) is 18.3 Å². The van der Waals surface area contributed by atoms with Crippen LogP contribution in [0.15, 0.2) is 6.33 Å². The average Bonchev–Trinajstić information content (AvgIpc) is 2.85. The first kappa shape index (κ1) is 9.98. The first-order valence-corrected chi connectivity index (χ1v) is 6.23.